The first-order valence-corrected chi connectivity index (χ1v) is 11.2. The average Bonchev–Trinajstić information content (AvgIpc) is 3.32. The molecule has 3 aromatic carbocycles. The summed E-state index contributed by atoms with van der Waals surface area (Å²) in [5.74, 6) is -0.626. The zero-order chi connectivity index (χ0) is 24.0. The summed E-state index contributed by atoms with van der Waals surface area (Å²) in [6.07, 6.45) is 0. The van der Waals surface area contributed by atoms with Crippen molar-refractivity contribution in [1.29, 1.82) is 0 Å². The zero-order valence-electron chi connectivity index (χ0n) is 18.6. The van der Waals surface area contributed by atoms with Gasteiger partial charge in [0.25, 0.3) is 5.91 Å². The first-order valence-electron chi connectivity index (χ1n) is 10.8. The number of anilines is 1. The predicted octanol–water partition coefficient (Wildman–Crippen LogP) is 5.37. The van der Waals surface area contributed by atoms with Crippen LogP contribution in [0.5, 0.6) is 0 Å². The highest BCUT2D eigenvalue weighted by molar-refractivity contribution is 6.31. The molecular weight excluding hydrogens is 457 g/mol. The fourth-order valence-corrected chi connectivity index (χ4v) is 4.46. The number of para-hydroxylation sites is 2. The van der Waals surface area contributed by atoms with Gasteiger partial charge < -0.3 is 14.6 Å². The number of nitrogens with one attached hydrogen (secondary N) is 1. The van der Waals surface area contributed by atoms with Gasteiger partial charge in [0.05, 0.1) is 18.5 Å². The van der Waals surface area contributed by atoms with Crippen molar-refractivity contribution in [3.63, 3.8) is 0 Å². The number of fused-ring (bicyclic) bond motifs is 2. The summed E-state index contributed by atoms with van der Waals surface area (Å²) in [6, 6.07) is 16.9. The Balaban J connectivity index is 1.41. The molecule has 172 valence electrons. The van der Waals surface area contributed by atoms with Gasteiger partial charge in [0.2, 0.25) is 11.8 Å². The Morgan fingerprint density at radius 3 is 2.71 bits per heavy atom. The first kappa shape index (κ1) is 22.1. The molecule has 8 heteroatoms. The smallest absolute Gasteiger partial charge is 0.251 e. The van der Waals surface area contributed by atoms with Crippen molar-refractivity contribution in [1.82, 2.24) is 10.3 Å². The van der Waals surface area contributed by atoms with Gasteiger partial charge in [-0.2, -0.15) is 0 Å². The fraction of sp³-hybridized carbons (Fsp3) is 0.192. The summed E-state index contributed by atoms with van der Waals surface area (Å²) >= 11 is 6.21. The maximum atomic E-state index is 14.4. The lowest BCUT2D eigenvalue weighted by Gasteiger charge is -2.21. The van der Waals surface area contributed by atoms with Crippen molar-refractivity contribution in [3.05, 3.63) is 94.1 Å². The Morgan fingerprint density at radius 1 is 1.15 bits per heavy atom. The maximum Gasteiger partial charge on any atom is 0.251 e. The third kappa shape index (κ3) is 3.72. The molecule has 0 spiro atoms. The third-order valence-electron chi connectivity index (χ3n) is 6.12. The standard InChI is InChI=1S/C26H21ClFN3O3/c1-26(2)17-11-10-15(24(32)29-13-23-30-20-8-3-4-9-22(20)34-23)12-21(17)31(25(26)33)14-16-18(27)6-5-7-19(16)28/h3-12H,13-14H2,1-2H3,(H,29,32). The van der Waals surface area contributed by atoms with Crippen molar-refractivity contribution >= 4 is 40.2 Å². The molecular formula is C26H21ClFN3O3. The van der Waals surface area contributed by atoms with Gasteiger partial charge in [0.15, 0.2) is 5.58 Å². The highest BCUT2D eigenvalue weighted by Crippen LogP contribution is 2.43. The van der Waals surface area contributed by atoms with Crippen molar-refractivity contribution < 1.29 is 18.4 Å². The number of carbonyl (C=O) groups is 2. The number of hydrogen-bond acceptors (Lipinski definition) is 4. The number of aromatic nitrogens is 1. The number of nitrogens with zero attached hydrogens (tertiary/aromatic N) is 2. The summed E-state index contributed by atoms with van der Waals surface area (Å²) in [5, 5.41) is 3.04. The van der Waals surface area contributed by atoms with Crippen molar-refractivity contribution in [2.24, 2.45) is 0 Å². The van der Waals surface area contributed by atoms with E-state index < -0.39 is 11.2 Å². The van der Waals surface area contributed by atoms with E-state index in [0.717, 1.165) is 5.56 Å². The number of oxazole rings is 1. The largest absolute Gasteiger partial charge is 0.439 e. The second kappa shape index (κ2) is 8.25. The van der Waals surface area contributed by atoms with E-state index in [1.165, 1.54) is 17.0 Å². The molecule has 0 saturated carbocycles. The SMILES string of the molecule is CC1(C)C(=O)N(Cc2c(F)cccc2Cl)c2cc(C(=O)NCc3nc4ccccc4o3)ccc21. The van der Waals surface area contributed by atoms with Gasteiger partial charge in [-0.1, -0.05) is 35.9 Å². The molecule has 4 aromatic rings. The van der Waals surface area contributed by atoms with Gasteiger partial charge in [-0.3, -0.25) is 9.59 Å². The van der Waals surface area contributed by atoms with Gasteiger partial charge in [-0.05, 0) is 55.8 Å². The van der Waals surface area contributed by atoms with Crippen LogP contribution in [-0.4, -0.2) is 16.8 Å². The van der Waals surface area contributed by atoms with Crippen LogP contribution < -0.4 is 10.2 Å². The monoisotopic (exact) mass is 477 g/mol. The van der Waals surface area contributed by atoms with Crippen LogP contribution in [0, 0.1) is 5.82 Å². The Bertz CT molecular complexity index is 1390. The van der Waals surface area contributed by atoms with Crippen LogP contribution in [0.4, 0.5) is 10.1 Å². The molecule has 2 amide bonds. The third-order valence-corrected chi connectivity index (χ3v) is 6.47. The summed E-state index contributed by atoms with van der Waals surface area (Å²) in [4.78, 5) is 32.0. The normalized spacial score (nSPS) is 14.5. The molecule has 1 N–H and O–H groups in total. The maximum absolute atomic E-state index is 14.4. The van der Waals surface area contributed by atoms with Gasteiger partial charge in [0, 0.05) is 21.8 Å². The lowest BCUT2D eigenvalue weighted by atomic mass is 9.86. The van der Waals surface area contributed by atoms with E-state index in [0.29, 0.717) is 28.2 Å². The van der Waals surface area contributed by atoms with Crippen molar-refractivity contribution in [2.75, 3.05) is 4.90 Å². The summed E-state index contributed by atoms with van der Waals surface area (Å²) < 4.78 is 20.1. The highest BCUT2D eigenvalue weighted by Gasteiger charge is 2.44. The molecule has 0 saturated heterocycles. The average molecular weight is 478 g/mol. The van der Waals surface area contributed by atoms with E-state index in [9.17, 15) is 14.0 Å². The van der Waals surface area contributed by atoms with E-state index in [1.807, 2.05) is 38.1 Å². The molecule has 34 heavy (non-hydrogen) atoms. The molecule has 1 aromatic heterocycles. The molecule has 0 unspecified atom stereocenters. The van der Waals surface area contributed by atoms with E-state index in [4.69, 9.17) is 16.0 Å². The minimum Gasteiger partial charge on any atom is -0.439 e. The van der Waals surface area contributed by atoms with Crippen LogP contribution in [0.3, 0.4) is 0 Å². The molecule has 1 aliphatic rings. The molecule has 5 rings (SSSR count). The van der Waals surface area contributed by atoms with Crippen molar-refractivity contribution in [3.8, 4) is 0 Å². The van der Waals surface area contributed by atoms with Crippen LogP contribution in [0.15, 0.2) is 65.1 Å². The summed E-state index contributed by atoms with van der Waals surface area (Å²) in [5.41, 5.74) is 2.46. The minimum atomic E-state index is -0.819. The van der Waals surface area contributed by atoms with Gasteiger partial charge in [0.1, 0.15) is 11.3 Å². The van der Waals surface area contributed by atoms with E-state index in [2.05, 4.69) is 10.3 Å². The van der Waals surface area contributed by atoms with E-state index in [1.54, 1.807) is 24.3 Å². The predicted molar refractivity (Wildman–Crippen MR) is 127 cm³/mol. The Labute approximate surface area is 200 Å². The van der Waals surface area contributed by atoms with Crippen LogP contribution >= 0.6 is 11.6 Å². The first-order chi connectivity index (χ1) is 16.3. The Kier molecular flexibility index (Phi) is 5.37. The zero-order valence-corrected chi connectivity index (χ0v) is 19.3. The molecule has 0 radical (unpaired) electrons. The number of carbonyl (C=O) groups excluding carboxylic acids is 2. The summed E-state index contributed by atoms with van der Waals surface area (Å²) in [6.45, 7) is 3.70. The number of halogens is 2. The number of rotatable bonds is 5. The summed E-state index contributed by atoms with van der Waals surface area (Å²) in [7, 11) is 0. The lowest BCUT2D eigenvalue weighted by Crippen LogP contribution is -2.36. The lowest BCUT2D eigenvalue weighted by molar-refractivity contribution is -0.122. The van der Waals surface area contributed by atoms with Crippen LogP contribution in [-0.2, 0) is 23.3 Å². The van der Waals surface area contributed by atoms with Crippen LogP contribution in [0.25, 0.3) is 11.1 Å². The molecule has 2 heterocycles. The van der Waals surface area contributed by atoms with Crippen LogP contribution in [0.1, 0.15) is 41.2 Å². The fourth-order valence-electron chi connectivity index (χ4n) is 4.24. The number of hydrogen-bond donors (Lipinski definition) is 1. The second-order valence-electron chi connectivity index (χ2n) is 8.71. The Hall–Kier alpha value is -3.71. The second-order valence-corrected chi connectivity index (χ2v) is 9.11. The van der Waals surface area contributed by atoms with Crippen LogP contribution in [0.2, 0.25) is 5.02 Å². The molecule has 0 fully saturated rings. The van der Waals surface area contributed by atoms with Gasteiger partial charge in [-0.15, -0.1) is 0 Å². The van der Waals surface area contributed by atoms with Gasteiger partial charge in [-0.25, -0.2) is 9.37 Å². The Morgan fingerprint density at radius 2 is 1.94 bits per heavy atom. The molecule has 1 aliphatic heterocycles. The quantitative estimate of drug-likeness (QED) is 0.419. The van der Waals surface area contributed by atoms with E-state index >= 15 is 0 Å². The minimum absolute atomic E-state index is 0.0330. The molecule has 0 bridgehead atoms. The van der Waals surface area contributed by atoms with E-state index in [-0.39, 0.29) is 35.5 Å². The topological polar surface area (TPSA) is 75.4 Å². The number of amides is 2. The molecule has 6 nitrogen and oxygen atoms in total. The molecule has 0 aliphatic carbocycles. The highest BCUT2D eigenvalue weighted by atomic mass is 35.5. The number of benzene rings is 3. The van der Waals surface area contributed by atoms with Crippen molar-refractivity contribution in [2.45, 2.75) is 32.4 Å². The van der Waals surface area contributed by atoms with Gasteiger partial charge >= 0.3 is 0 Å². The molecule has 0 atom stereocenters.